The van der Waals surface area contributed by atoms with Crippen LogP contribution in [0.1, 0.15) is 15.4 Å². The van der Waals surface area contributed by atoms with Crippen molar-refractivity contribution in [2.24, 2.45) is 0 Å². The van der Waals surface area contributed by atoms with Crippen LogP contribution in [0.15, 0.2) is 35.8 Å². The van der Waals surface area contributed by atoms with Crippen molar-refractivity contribution in [2.45, 2.75) is 6.92 Å². The van der Waals surface area contributed by atoms with Gasteiger partial charge in [0.05, 0.1) is 22.5 Å². The van der Waals surface area contributed by atoms with E-state index in [1.165, 1.54) is 11.3 Å². The van der Waals surface area contributed by atoms with Crippen molar-refractivity contribution >= 4 is 40.1 Å². The van der Waals surface area contributed by atoms with Crippen molar-refractivity contribution in [1.82, 2.24) is 14.9 Å². The van der Waals surface area contributed by atoms with Crippen LogP contribution in [0.4, 0.5) is 11.5 Å². The van der Waals surface area contributed by atoms with E-state index in [9.17, 15) is 4.79 Å². The minimum Gasteiger partial charge on any atom is -0.354 e. The fraction of sp³-hybridized carbons (Fsp3) is 0.316. The zero-order valence-electron chi connectivity index (χ0n) is 15.3. The zero-order chi connectivity index (χ0) is 18.8. The first-order chi connectivity index (χ1) is 13.1. The van der Waals surface area contributed by atoms with Crippen molar-refractivity contribution < 1.29 is 4.79 Å². The van der Waals surface area contributed by atoms with Crippen molar-refractivity contribution in [1.29, 1.82) is 0 Å². The molecule has 1 N–H and O–H groups in total. The second kappa shape index (κ2) is 7.75. The van der Waals surface area contributed by atoms with E-state index >= 15 is 0 Å². The zero-order valence-corrected chi connectivity index (χ0v) is 16.9. The normalized spacial score (nSPS) is 15.1. The Morgan fingerprint density at radius 2 is 2.00 bits per heavy atom. The lowest BCUT2D eigenvalue weighted by Gasteiger charge is -2.33. The maximum atomic E-state index is 12.7. The predicted molar refractivity (Wildman–Crippen MR) is 112 cm³/mol. The van der Waals surface area contributed by atoms with Crippen molar-refractivity contribution in [2.75, 3.05) is 43.4 Å². The van der Waals surface area contributed by atoms with Gasteiger partial charge in [0.25, 0.3) is 5.91 Å². The molecule has 6 nitrogen and oxygen atoms in total. The summed E-state index contributed by atoms with van der Waals surface area (Å²) >= 11 is 3.05. The lowest BCUT2D eigenvalue weighted by Crippen LogP contribution is -2.44. The Balaban J connectivity index is 1.44. The first kappa shape index (κ1) is 18.1. The fourth-order valence-electron chi connectivity index (χ4n) is 2.98. The van der Waals surface area contributed by atoms with Crippen LogP contribution < -0.4 is 10.2 Å². The van der Waals surface area contributed by atoms with Crippen LogP contribution >= 0.6 is 22.7 Å². The number of likely N-dealkylation sites (N-methyl/N-ethyl adjacent to an activating group) is 1. The number of aryl methyl sites for hydroxylation is 1. The van der Waals surface area contributed by atoms with Gasteiger partial charge in [-0.3, -0.25) is 4.79 Å². The standard InChI is InChI=1S/C19H21N5OS2/c1-13-17(27-19(21-13)15-4-3-11-26-15)18(25)22-14-5-6-16(20-12-14)24-9-7-23(2)8-10-24/h3-6,11-12H,7-10H2,1-2H3,(H,22,25). The van der Waals surface area contributed by atoms with Gasteiger partial charge in [-0.1, -0.05) is 6.07 Å². The average Bonchev–Trinajstić information content (AvgIpc) is 3.33. The van der Waals surface area contributed by atoms with Gasteiger partial charge in [0, 0.05) is 26.2 Å². The number of piperazine rings is 1. The fourth-order valence-corrected chi connectivity index (χ4v) is 4.74. The highest BCUT2D eigenvalue weighted by Gasteiger charge is 2.18. The summed E-state index contributed by atoms with van der Waals surface area (Å²) in [7, 11) is 2.13. The SMILES string of the molecule is Cc1nc(-c2cccs2)sc1C(=O)Nc1ccc(N2CCN(C)CC2)nc1. The molecule has 1 saturated heterocycles. The first-order valence-corrected chi connectivity index (χ1v) is 10.5. The molecule has 1 amide bonds. The monoisotopic (exact) mass is 399 g/mol. The molecule has 0 radical (unpaired) electrons. The molecule has 3 aromatic rings. The molecule has 8 heteroatoms. The summed E-state index contributed by atoms with van der Waals surface area (Å²) < 4.78 is 0. The third-order valence-electron chi connectivity index (χ3n) is 4.57. The maximum absolute atomic E-state index is 12.7. The van der Waals surface area contributed by atoms with E-state index in [0.717, 1.165) is 47.6 Å². The minimum atomic E-state index is -0.137. The summed E-state index contributed by atoms with van der Waals surface area (Å²) in [6, 6.07) is 7.89. The first-order valence-electron chi connectivity index (χ1n) is 8.82. The van der Waals surface area contributed by atoms with E-state index in [-0.39, 0.29) is 5.91 Å². The summed E-state index contributed by atoms with van der Waals surface area (Å²) in [5.74, 6) is 0.817. The van der Waals surface area contributed by atoms with Gasteiger partial charge in [-0.05, 0) is 37.6 Å². The second-order valence-electron chi connectivity index (χ2n) is 6.56. The highest BCUT2D eigenvalue weighted by atomic mass is 32.1. The molecule has 1 aliphatic rings. The van der Waals surface area contributed by atoms with Crippen LogP contribution in [0.3, 0.4) is 0 Å². The second-order valence-corrected chi connectivity index (χ2v) is 8.51. The molecule has 27 heavy (non-hydrogen) atoms. The van der Waals surface area contributed by atoms with Crippen LogP contribution in [-0.2, 0) is 0 Å². The number of carbonyl (C=O) groups excluding carboxylic acids is 1. The predicted octanol–water partition coefficient (Wildman–Crippen LogP) is 3.58. The number of hydrogen-bond acceptors (Lipinski definition) is 7. The number of thiazole rings is 1. The number of carbonyl (C=O) groups is 1. The topological polar surface area (TPSA) is 61.4 Å². The molecular formula is C19H21N5OS2. The van der Waals surface area contributed by atoms with Crippen LogP contribution in [0.5, 0.6) is 0 Å². The van der Waals surface area contributed by atoms with Gasteiger partial charge >= 0.3 is 0 Å². The highest BCUT2D eigenvalue weighted by Crippen LogP contribution is 2.31. The number of pyridine rings is 1. The molecule has 1 aliphatic heterocycles. The third-order valence-corrected chi connectivity index (χ3v) is 6.76. The Hall–Kier alpha value is -2.29. The molecule has 0 saturated carbocycles. The summed E-state index contributed by atoms with van der Waals surface area (Å²) in [5.41, 5.74) is 1.45. The number of anilines is 2. The highest BCUT2D eigenvalue weighted by molar-refractivity contribution is 7.22. The summed E-state index contributed by atoms with van der Waals surface area (Å²) in [5, 5.41) is 5.84. The molecule has 0 unspecified atom stereocenters. The van der Waals surface area contributed by atoms with Crippen molar-refractivity contribution in [3.05, 3.63) is 46.4 Å². The molecule has 0 bridgehead atoms. The van der Waals surface area contributed by atoms with E-state index in [0.29, 0.717) is 10.6 Å². The molecular weight excluding hydrogens is 378 g/mol. The van der Waals surface area contributed by atoms with Crippen molar-refractivity contribution in [3.8, 4) is 9.88 Å². The Bertz CT molecular complexity index is 912. The van der Waals surface area contributed by atoms with Gasteiger partial charge in [0.1, 0.15) is 15.7 Å². The quantitative estimate of drug-likeness (QED) is 0.727. The molecule has 4 rings (SSSR count). The number of amides is 1. The minimum absolute atomic E-state index is 0.137. The molecule has 1 fully saturated rings. The summed E-state index contributed by atoms with van der Waals surface area (Å²) in [6.45, 7) is 5.90. The number of hydrogen-bond donors (Lipinski definition) is 1. The number of rotatable bonds is 4. The smallest absolute Gasteiger partial charge is 0.267 e. The Morgan fingerprint density at radius 3 is 2.67 bits per heavy atom. The average molecular weight is 400 g/mol. The van der Waals surface area contributed by atoms with Gasteiger partial charge in [-0.25, -0.2) is 9.97 Å². The van der Waals surface area contributed by atoms with E-state index < -0.39 is 0 Å². The van der Waals surface area contributed by atoms with E-state index in [1.54, 1.807) is 17.5 Å². The van der Waals surface area contributed by atoms with E-state index in [2.05, 4.69) is 32.1 Å². The third kappa shape index (κ3) is 4.02. The number of nitrogens with zero attached hydrogens (tertiary/aromatic N) is 4. The van der Waals surface area contributed by atoms with Crippen molar-refractivity contribution in [3.63, 3.8) is 0 Å². The van der Waals surface area contributed by atoms with Crippen LogP contribution in [0, 0.1) is 6.92 Å². The van der Waals surface area contributed by atoms with Gasteiger partial charge in [0.15, 0.2) is 0 Å². The van der Waals surface area contributed by atoms with E-state index in [1.807, 2.05) is 36.6 Å². The maximum Gasteiger partial charge on any atom is 0.267 e. The number of thiophene rings is 1. The molecule has 0 spiro atoms. The molecule has 0 atom stereocenters. The van der Waals surface area contributed by atoms with Crippen LogP contribution in [-0.4, -0.2) is 54.0 Å². The lowest BCUT2D eigenvalue weighted by atomic mass is 10.3. The van der Waals surface area contributed by atoms with Crippen LogP contribution in [0.25, 0.3) is 9.88 Å². The van der Waals surface area contributed by atoms with Gasteiger partial charge < -0.3 is 15.1 Å². The van der Waals surface area contributed by atoms with Gasteiger partial charge in [-0.15, -0.1) is 22.7 Å². The number of aromatic nitrogens is 2. The molecule has 140 valence electrons. The van der Waals surface area contributed by atoms with Gasteiger partial charge in [-0.2, -0.15) is 0 Å². The summed E-state index contributed by atoms with van der Waals surface area (Å²) in [4.78, 5) is 28.0. The van der Waals surface area contributed by atoms with Crippen LogP contribution in [0.2, 0.25) is 0 Å². The Kier molecular flexibility index (Phi) is 5.20. The molecule has 0 aliphatic carbocycles. The summed E-state index contributed by atoms with van der Waals surface area (Å²) in [6.07, 6.45) is 1.72. The van der Waals surface area contributed by atoms with E-state index in [4.69, 9.17) is 0 Å². The lowest BCUT2D eigenvalue weighted by molar-refractivity contribution is 0.103. The number of nitrogens with one attached hydrogen (secondary N) is 1. The van der Waals surface area contributed by atoms with Gasteiger partial charge in [0.2, 0.25) is 0 Å². The molecule has 0 aromatic carbocycles. The molecule has 3 aromatic heterocycles. The largest absolute Gasteiger partial charge is 0.354 e. The Morgan fingerprint density at radius 1 is 1.19 bits per heavy atom. The Labute approximate surface area is 166 Å². The molecule has 4 heterocycles.